The number of fused-ring (bicyclic) bond motifs is 1. The average molecular weight is 493 g/mol. The fourth-order valence-electron chi connectivity index (χ4n) is 3.65. The highest BCUT2D eigenvalue weighted by molar-refractivity contribution is 7.17. The summed E-state index contributed by atoms with van der Waals surface area (Å²) in [6.45, 7) is 0.694. The fourth-order valence-corrected chi connectivity index (χ4v) is 4.62. The van der Waals surface area contributed by atoms with Crippen molar-refractivity contribution in [1.29, 1.82) is 5.26 Å². The molecule has 0 fully saturated rings. The van der Waals surface area contributed by atoms with Crippen LogP contribution in [0.25, 0.3) is 10.2 Å². The van der Waals surface area contributed by atoms with Crippen LogP contribution < -0.4 is 16.6 Å². The molecular formula is C25H21ClN4O3S. The lowest BCUT2D eigenvalue weighted by Crippen LogP contribution is -2.41. The summed E-state index contributed by atoms with van der Waals surface area (Å²) < 4.78 is 3.13. The van der Waals surface area contributed by atoms with Crippen molar-refractivity contribution in [2.24, 2.45) is 0 Å². The molecule has 0 saturated carbocycles. The number of aromatic nitrogens is 2. The third-order valence-corrected chi connectivity index (χ3v) is 6.62. The van der Waals surface area contributed by atoms with Gasteiger partial charge in [-0.05, 0) is 53.3 Å². The van der Waals surface area contributed by atoms with Crippen molar-refractivity contribution >= 4 is 39.1 Å². The van der Waals surface area contributed by atoms with Gasteiger partial charge in [0, 0.05) is 24.5 Å². The fraction of sp³-hybridized carbons (Fsp3) is 0.200. The molecule has 4 aromatic rings. The van der Waals surface area contributed by atoms with Gasteiger partial charge in [0.2, 0.25) is 5.91 Å². The zero-order chi connectivity index (χ0) is 24.1. The second-order valence-electron chi connectivity index (χ2n) is 7.75. The Morgan fingerprint density at radius 3 is 2.41 bits per heavy atom. The Bertz CT molecular complexity index is 1480. The van der Waals surface area contributed by atoms with E-state index in [1.54, 1.807) is 47.8 Å². The first kappa shape index (κ1) is 23.5. The lowest BCUT2D eigenvalue weighted by molar-refractivity contribution is -0.121. The Hall–Kier alpha value is -3.67. The molecule has 1 amide bonds. The van der Waals surface area contributed by atoms with E-state index in [-0.39, 0.29) is 31.0 Å². The highest BCUT2D eigenvalue weighted by Crippen LogP contribution is 2.17. The Kier molecular flexibility index (Phi) is 7.26. The third-order valence-electron chi connectivity index (χ3n) is 5.47. The zero-order valence-corrected chi connectivity index (χ0v) is 19.7. The monoisotopic (exact) mass is 492 g/mol. The number of hydrogen-bond donors (Lipinski definition) is 1. The number of hydrogen-bond acceptors (Lipinski definition) is 5. The number of halogens is 1. The number of nitrogens with zero attached hydrogens (tertiary/aromatic N) is 3. The molecule has 0 radical (unpaired) electrons. The molecule has 0 unspecified atom stereocenters. The van der Waals surface area contributed by atoms with Crippen LogP contribution in [0.1, 0.15) is 23.1 Å². The molecule has 1 N–H and O–H groups in total. The highest BCUT2D eigenvalue weighted by Gasteiger charge is 2.15. The van der Waals surface area contributed by atoms with Gasteiger partial charge in [0.25, 0.3) is 5.56 Å². The van der Waals surface area contributed by atoms with Gasteiger partial charge in [-0.3, -0.25) is 18.7 Å². The smallest absolute Gasteiger partial charge is 0.331 e. The predicted octanol–water partition coefficient (Wildman–Crippen LogP) is 3.55. The predicted molar refractivity (Wildman–Crippen MR) is 133 cm³/mol. The van der Waals surface area contributed by atoms with E-state index in [0.717, 1.165) is 15.7 Å². The van der Waals surface area contributed by atoms with E-state index in [1.807, 2.05) is 12.1 Å². The topological polar surface area (TPSA) is 96.9 Å². The number of benzene rings is 2. The van der Waals surface area contributed by atoms with Crippen LogP contribution in [0.15, 0.2) is 69.6 Å². The van der Waals surface area contributed by atoms with Crippen molar-refractivity contribution in [3.63, 3.8) is 0 Å². The number of amides is 1. The summed E-state index contributed by atoms with van der Waals surface area (Å²) in [5, 5.41) is 14.3. The molecule has 0 bridgehead atoms. The minimum Gasteiger partial charge on any atom is -0.356 e. The maximum atomic E-state index is 13.2. The molecule has 0 atom stereocenters. The summed E-state index contributed by atoms with van der Waals surface area (Å²) in [7, 11) is 0. The van der Waals surface area contributed by atoms with E-state index in [4.69, 9.17) is 16.9 Å². The molecule has 34 heavy (non-hydrogen) atoms. The number of thiophene rings is 1. The molecule has 2 heterocycles. The standard InChI is InChI=1S/C25H21ClN4O3S/c26-20-7-5-17(6-8-20)9-12-28-22(31)10-13-29-24(32)23-21(11-14-34-23)30(25(29)33)16-19-3-1-18(15-27)2-4-19/h1-8,11,14H,9-10,12-13,16H2,(H,28,31). The summed E-state index contributed by atoms with van der Waals surface area (Å²) in [4.78, 5) is 38.5. The van der Waals surface area contributed by atoms with E-state index in [1.165, 1.54) is 15.9 Å². The quantitative estimate of drug-likeness (QED) is 0.407. The Morgan fingerprint density at radius 1 is 1.00 bits per heavy atom. The Morgan fingerprint density at radius 2 is 1.71 bits per heavy atom. The average Bonchev–Trinajstić information content (AvgIpc) is 3.33. The second kappa shape index (κ2) is 10.5. The van der Waals surface area contributed by atoms with Gasteiger partial charge in [0.1, 0.15) is 4.70 Å². The van der Waals surface area contributed by atoms with Gasteiger partial charge in [0.05, 0.1) is 23.7 Å². The number of nitrogens with one attached hydrogen (secondary N) is 1. The molecule has 9 heteroatoms. The maximum absolute atomic E-state index is 13.2. The van der Waals surface area contributed by atoms with Crippen LogP contribution in [-0.4, -0.2) is 21.6 Å². The SMILES string of the molecule is N#Cc1ccc(Cn2c(=O)n(CCC(=O)NCCc3ccc(Cl)cc3)c(=O)c3sccc32)cc1. The highest BCUT2D eigenvalue weighted by atomic mass is 35.5. The van der Waals surface area contributed by atoms with Crippen LogP contribution in [0.4, 0.5) is 0 Å². The van der Waals surface area contributed by atoms with Gasteiger partial charge < -0.3 is 5.32 Å². The van der Waals surface area contributed by atoms with E-state index in [2.05, 4.69) is 11.4 Å². The van der Waals surface area contributed by atoms with E-state index in [0.29, 0.717) is 33.8 Å². The van der Waals surface area contributed by atoms with Gasteiger partial charge in [-0.15, -0.1) is 11.3 Å². The van der Waals surface area contributed by atoms with Crippen LogP contribution in [0.3, 0.4) is 0 Å². The van der Waals surface area contributed by atoms with E-state index < -0.39 is 5.69 Å². The summed E-state index contributed by atoms with van der Waals surface area (Å²) in [5.41, 5.74) is 2.12. The van der Waals surface area contributed by atoms with E-state index >= 15 is 0 Å². The molecule has 4 rings (SSSR count). The zero-order valence-electron chi connectivity index (χ0n) is 18.2. The van der Waals surface area contributed by atoms with Gasteiger partial charge in [-0.25, -0.2) is 4.79 Å². The number of nitriles is 1. The minimum atomic E-state index is -0.464. The molecule has 7 nitrogen and oxygen atoms in total. The molecule has 0 aliphatic rings. The van der Waals surface area contributed by atoms with Crippen LogP contribution in [-0.2, 0) is 24.3 Å². The van der Waals surface area contributed by atoms with Crippen molar-refractivity contribution in [1.82, 2.24) is 14.5 Å². The van der Waals surface area contributed by atoms with Gasteiger partial charge >= 0.3 is 5.69 Å². The van der Waals surface area contributed by atoms with Crippen LogP contribution >= 0.6 is 22.9 Å². The summed E-state index contributed by atoms with van der Waals surface area (Å²) >= 11 is 7.15. The van der Waals surface area contributed by atoms with Crippen molar-refractivity contribution in [2.75, 3.05) is 6.54 Å². The van der Waals surface area contributed by atoms with Crippen molar-refractivity contribution in [3.05, 3.63) is 103 Å². The molecule has 0 aliphatic carbocycles. The first-order chi connectivity index (χ1) is 16.5. The second-order valence-corrected chi connectivity index (χ2v) is 9.10. The largest absolute Gasteiger partial charge is 0.356 e. The summed E-state index contributed by atoms with van der Waals surface area (Å²) in [5.74, 6) is -0.231. The summed E-state index contributed by atoms with van der Waals surface area (Å²) in [6.07, 6.45) is 0.672. The lowest BCUT2D eigenvalue weighted by Gasteiger charge is -2.12. The van der Waals surface area contributed by atoms with Crippen molar-refractivity contribution in [2.45, 2.75) is 25.9 Å². The minimum absolute atomic E-state index is 0.00828. The number of carbonyl (C=O) groups excluding carboxylic acids is 1. The number of rotatable bonds is 8. The molecule has 0 saturated heterocycles. The third kappa shape index (κ3) is 5.28. The van der Waals surface area contributed by atoms with Crippen molar-refractivity contribution in [3.8, 4) is 6.07 Å². The Labute approximate surface area is 204 Å². The molecule has 0 spiro atoms. The van der Waals surface area contributed by atoms with Crippen molar-refractivity contribution < 1.29 is 4.79 Å². The molecule has 2 aromatic carbocycles. The van der Waals surface area contributed by atoms with Crippen LogP contribution in [0.5, 0.6) is 0 Å². The number of carbonyl (C=O) groups is 1. The van der Waals surface area contributed by atoms with Crippen LogP contribution in [0.2, 0.25) is 5.02 Å². The van der Waals surface area contributed by atoms with Gasteiger partial charge in [-0.2, -0.15) is 5.26 Å². The molecular weight excluding hydrogens is 472 g/mol. The molecule has 172 valence electrons. The Balaban J connectivity index is 1.48. The summed E-state index contributed by atoms with van der Waals surface area (Å²) in [6, 6.07) is 18.2. The van der Waals surface area contributed by atoms with E-state index in [9.17, 15) is 14.4 Å². The molecule has 0 aliphatic heterocycles. The van der Waals surface area contributed by atoms with Gasteiger partial charge in [0.15, 0.2) is 0 Å². The lowest BCUT2D eigenvalue weighted by atomic mass is 10.1. The van der Waals surface area contributed by atoms with Crippen LogP contribution in [0, 0.1) is 11.3 Å². The van der Waals surface area contributed by atoms with Gasteiger partial charge in [-0.1, -0.05) is 35.9 Å². The maximum Gasteiger partial charge on any atom is 0.331 e. The first-order valence-electron chi connectivity index (χ1n) is 10.7. The molecule has 2 aromatic heterocycles. The normalized spacial score (nSPS) is 10.8. The first-order valence-corrected chi connectivity index (χ1v) is 11.9.